The lowest BCUT2D eigenvalue weighted by Crippen LogP contribution is -2.30. The highest BCUT2D eigenvalue weighted by Gasteiger charge is 2.14. The number of hydrogen-bond acceptors (Lipinski definition) is 4. The molecule has 0 aliphatic heterocycles. The Morgan fingerprint density at radius 2 is 2.04 bits per heavy atom. The van der Waals surface area contributed by atoms with Gasteiger partial charge in [0.05, 0.1) is 0 Å². The summed E-state index contributed by atoms with van der Waals surface area (Å²) in [5, 5.41) is 11.9. The molecule has 128 valence electrons. The first-order chi connectivity index (χ1) is 12.0. The van der Waals surface area contributed by atoms with Gasteiger partial charge in [0.1, 0.15) is 12.4 Å². The highest BCUT2D eigenvalue weighted by atomic mass is 79.9. The van der Waals surface area contributed by atoms with Crippen molar-refractivity contribution in [2.24, 2.45) is 0 Å². The summed E-state index contributed by atoms with van der Waals surface area (Å²) < 4.78 is 14.2. The molecule has 8 heteroatoms. The van der Waals surface area contributed by atoms with Crippen LogP contribution < -0.4 is 0 Å². The summed E-state index contributed by atoms with van der Waals surface area (Å²) in [4.78, 5) is 15.1. The Kier molecular flexibility index (Phi) is 5.18. The molecule has 0 bridgehead atoms. The molecule has 1 aromatic heterocycles. The molecule has 0 aliphatic carbocycles. The largest absolute Gasteiger partial charge is 0.340 e. The third-order valence-electron chi connectivity index (χ3n) is 3.60. The maximum Gasteiger partial charge on any atom is 0.246 e. The summed E-state index contributed by atoms with van der Waals surface area (Å²) in [7, 11) is 1.71. The molecular formula is C17H15BrFN5O. The van der Waals surface area contributed by atoms with Gasteiger partial charge in [-0.3, -0.25) is 4.79 Å². The first-order valence-corrected chi connectivity index (χ1v) is 8.33. The molecule has 0 saturated heterocycles. The third kappa shape index (κ3) is 4.27. The molecule has 2 aromatic carbocycles. The molecule has 0 saturated carbocycles. The fraction of sp³-hybridized carbons (Fsp3) is 0.176. The Balaban J connectivity index is 1.66. The average molecular weight is 404 g/mol. The summed E-state index contributed by atoms with van der Waals surface area (Å²) in [6.45, 7) is 0.426. The number of carbonyl (C=O) groups is 1. The van der Waals surface area contributed by atoms with E-state index in [-0.39, 0.29) is 24.1 Å². The van der Waals surface area contributed by atoms with Crippen LogP contribution >= 0.6 is 15.9 Å². The lowest BCUT2D eigenvalue weighted by atomic mass is 10.2. The zero-order valence-electron chi connectivity index (χ0n) is 13.4. The highest BCUT2D eigenvalue weighted by molar-refractivity contribution is 9.10. The fourth-order valence-corrected chi connectivity index (χ4v) is 2.68. The smallest absolute Gasteiger partial charge is 0.246 e. The van der Waals surface area contributed by atoms with Gasteiger partial charge in [-0.1, -0.05) is 46.3 Å². The van der Waals surface area contributed by atoms with E-state index in [0.29, 0.717) is 12.1 Å². The van der Waals surface area contributed by atoms with E-state index in [4.69, 9.17) is 0 Å². The van der Waals surface area contributed by atoms with Crippen molar-refractivity contribution in [3.63, 3.8) is 0 Å². The summed E-state index contributed by atoms with van der Waals surface area (Å²) in [6.07, 6.45) is 0. The van der Waals surface area contributed by atoms with Gasteiger partial charge in [0, 0.05) is 23.6 Å². The minimum Gasteiger partial charge on any atom is -0.340 e. The van der Waals surface area contributed by atoms with Crippen LogP contribution in [0.25, 0.3) is 11.4 Å². The van der Waals surface area contributed by atoms with E-state index in [1.807, 2.05) is 24.3 Å². The number of tetrazole rings is 1. The number of aromatic nitrogens is 4. The normalized spacial score (nSPS) is 10.7. The maximum atomic E-state index is 13.3. The lowest BCUT2D eigenvalue weighted by Gasteiger charge is -2.17. The summed E-state index contributed by atoms with van der Waals surface area (Å²) in [6, 6.07) is 13.6. The van der Waals surface area contributed by atoms with Crippen molar-refractivity contribution in [1.29, 1.82) is 0 Å². The van der Waals surface area contributed by atoms with Gasteiger partial charge in [-0.2, -0.15) is 4.80 Å². The Hall–Kier alpha value is -2.61. The van der Waals surface area contributed by atoms with Gasteiger partial charge in [-0.25, -0.2) is 4.39 Å². The summed E-state index contributed by atoms with van der Waals surface area (Å²) >= 11 is 3.47. The van der Waals surface area contributed by atoms with Gasteiger partial charge in [0.15, 0.2) is 0 Å². The van der Waals surface area contributed by atoms with Gasteiger partial charge in [0.2, 0.25) is 11.7 Å². The molecule has 0 fully saturated rings. The van der Waals surface area contributed by atoms with Crippen LogP contribution in [0.2, 0.25) is 0 Å². The van der Waals surface area contributed by atoms with Crippen LogP contribution in [0.1, 0.15) is 5.56 Å². The molecule has 3 rings (SSSR count). The third-order valence-corrected chi connectivity index (χ3v) is 4.38. The van der Waals surface area contributed by atoms with E-state index >= 15 is 0 Å². The van der Waals surface area contributed by atoms with Gasteiger partial charge in [-0.15, -0.1) is 10.2 Å². The van der Waals surface area contributed by atoms with E-state index in [9.17, 15) is 9.18 Å². The molecule has 6 nitrogen and oxygen atoms in total. The number of carbonyl (C=O) groups excluding carboxylic acids is 1. The van der Waals surface area contributed by atoms with Crippen molar-refractivity contribution in [1.82, 2.24) is 25.1 Å². The van der Waals surface area contributed by atoms with Crippen LogP contribution in [-0.2, 0) is 17.9 Å². The van der Waals surface area contributed by atoms with Gasteiger partial charge in [0.25, 0.3) is 0 Å². The molecule has 25 heavy (non-hydrogen) atoms. The molecule has 0 radical (unpaired) electrons. The molecule has 0 aliphatic rings. The van der Waals surface area contributed by atoms with Crippen molar-refractivity contribution in [3.05, 3.63) is 64.4 Å². The minimum absolute atomic E-state index is 0.0384. The van der Waals surface area contributed by atoms with Crippen LogP contribution in [-0.4, -0.2) is 38.1 Å². The monoisotopic (exact) mass is 403 g/mol. The molecule has 0 N–H and O–H groups in total. The average Bonchev–Trinajstić information content (AvgIpc) is 3.05. The van der Waals surface area contributed by atoms with Crippen LogP contribution in [0.5, 0.6) is 0 Å². The van der Waals surface area contributed by atoms with E-state index < -0.39 is 0 Å². The highest BCUT2D eigenvalue weighted by Crippen LogP contribution is 2.17. The molecular weight excluding hydrogens is 389 g/mol. The fourth-order valence-electron chi connectivity index (χ4n) is 2.27. The molecule has 1 heterocycles. The second kappa shape index (κ2) is 7.52. The van der Waals surface area contributed by atoms with Gasteiger partial charge in [-0.05, 0) is 29.0 Å². The van der Waals surface area contributed by atoms with Crippen LogP contribution in [0.4, 0.5) is 4.39 Å². The van der Waals surface area contributed by atoms with Gasteiger partial charge < -0.3 is 4.90 Å². The van der Waals surface area contributed by atoms with Crippen molar-refractivity contribution in [2.45, 2.75) is 13.1 Å². The van der Waals surface area contributed by atoms with Crippen LogP contribution in [0.15, 0.2) is 53.0 Å². The predicted molar refractivity (Wildman–Crippen MR) is 93.8 cm³/mol. The number of benzene rings is 2. The van der Waals surface area contributed by atoms with Crippen LogP contribution in [0, 0.1) is 5.82 Å². The first-order valence-electron chi connectivity index (χ1n) is 7.54. The molecule has 0 atom stereocenters. The van der Waals surface area contributed by atoms with E-state index in [0.717, 1.165) is 10.0 Å². The van der Waals surface area contributed by atoms with E-state index in [1.54, 1.807) is 24.1 Å². The Morgan fingerprint density at radius 3 is 2.80 bits per heavy atom. The number of amides is 1. The number of nitrogens with zero attached hydrogens (tertiary/aromatic N) is 5. The summed E-state index contributed by atoms with van der Waals surface area (Å²) in [5.74, 6) is -0.252. The number of likely N-dealkylation sites (N-methyl/N-ethyl adjacent to an activating group) is 1. The molecule has 0 unspecified atom stereocenters. The number of hydrogen-bond donors (Lipinski definition) is 0. The van der Waals surface area contributed by atoms with Crippen molar-refractivity contribution >= 4 is 21.8 Å². The molecule has 3 aromatic rings. The Bertz CT molecular complexity index is 898. The molecule has 0 spiro atoms. The predicted octanol–water partition coefficient (Wildman–Crippen LogP) is 2.90. The lowest BCUT2D eigenvalue weighted by molar-refractivity contribution is -0.131. The molecule has 1 amide bonds. The minimum atomic E-state index is -0.377. The number of rotatable bonds is 5. The Morgan fingerprint density at radius 1 is 1.24 bits per heavy atom. The SMILES string of the molecule is CN(Cc1ccccc1Br)C(=O)Cn1nnc(-c2cccc(F)c2)n1. The van der Waals surface area contributed by atoms with Crippen molar-refractivity contribution in [2.75, 3.05) is 7.05 Å². The van der Waals surface area contributed by atoms with E-state index in [1.165, 1.54) is 16.9 Å². The maximum absolute atomic E-state index is 13.3. The zero-order valence-corrected chi connectivity index (χ0v) is 15.0. The van der Waals surface area contributed by atoms with Crippen molar-refractivity contribution in [3.8, 4) is 11.4 Å². The second-order valence-electron chi connectivity index (χ2n) is 5.50. The second-order valence-corrected chi connectivity index (χ2v) is 6.35. The topological polar surface area (TPSA) is 63.9 Å². The standard InChI is InChI=1S/C17H15BrFN5O/c1-23(10-13-5-2-3-8-15(13)18)16(25)11-24-21-17(20-22-24)12-6-4-7-14(19)9-12/h2-9H,10-11H2,1H3. The summed E-state index contributed by atoms with van der Waals surface area (Å²) in [5.41, 5.74) is 1.52. The quantitative estimate of drug-likeness (QED) is 0.656. The van der Waals surface area contributed by atoms with E-state index in [2.05, 4.69) is 31.3 Å². The number of halogens is 2. The van der Waals surface area contributed by atoms with Gasteiger partial charge >= 0.3 is 0 Å². The first kappa shape index (κ1) is 17.2. The van der Waals surface area contributed by atoms with Crippen LogP contribution in [0.3, 0.4) is 0 Å². The zero-order chi connectivity index (χ0) is 17.8. The Labute approximate surface area is 152 Å². The van der Waals surface area contributed by atoms with Crippen molar-refractivity contribution < 1.29 is 9.18 Å².